The first-order chi connectivity index (χ1) is 16.8. The summed E-state index contributed by atoms with van der Waals surface area (Å²) in [5, 5.41) is 8.02. The van der Waals surface area contributed by atoms with Crippen LogP contribution >= 0.6 is 0 Å². The van der Waals surface area contributed by atoms with Crippen LogP contribution in [0.15, 0.2) is 48.8 Å². The third-order valence-corrected chi connectivity index (χ3v) is 6.01. The van der Waals surface area contributed by atoms with Gasteiger partial charge in [0.2, 0.25) is 5.88 Å². The molecule has 8 nitrogen and oxygen atoms in total. The summed E-state index contributed by atoms with van der Waals surface area (Å²) in [5.74, 6) is 1.74. The van der Waals surface area contributed by atoms with Crippen LogP contribution in [0.5, 0.6) is 5.88 Å². The average Bonchev–Trinajstić information content (AvgIpc) is 2.82. The first kappa shape index (κ1) is 24.7. The SMILES string of the molecule is CN1CCC(COc2ccc(CNc3cccc4c(NC(=O)OC(C)(C)C)nccc34)cn2)CC1. The van der Waals surface area contributed by atoms with E-state index in [1.54, 1.807) is 6.20 Å². The minimum atomic E-state index is -0.580. The van der Waals surface area contributed by atoms with Gasteiger partial charge >= 0.3 is 6.09 Å². The molecular weight excluding hydrogens is 442 g/mol. The molecule has 1 aliphatic heterocycles. The van der Waals surface area contributed by atoms with Gasteiger partial charge in [0.25, 0.3) is 0 Å². The molecule has 8 heteroatoms. The monoisotopic (exact) mass is 477 g/mol. The third-order valence-electron chi connectivity index (χ3n) is 6.01. The van der Waals surface area contributed by atoms with Crippen LogP contribution < -0.4 is 15.4 Å². The fourth-order valence-corrected chi connectivity index (χ4v) is 4.09. The second kappa shape index (κ2) is 10.9. The highest BCUT2D eigenvalue weighted by Gasteiger charge is 2.18. The predicted octanol–water partition coefficient (Wildman–Crippen LogP) is 5.31. The molecule has 2 N–H and O–H groups in total. The Morgan fingerprint density at radius 3 is 2.60 bits per heavy atom. The molecule has 0 radical (unpaired) electrons. The Labute approximate surface area is 207 Å². The number of aromatic nitrogens is 2. The van der Waals surface area contributed by atoms with Gasteiger partial charge in [0.05, 0.1) is 6.61 Å². The number of fused-ring (bicyclic) bond motifs is 1. The summed E-state index contributed by atoms with van der Waals surface area (Å²) in [4.78, 5) is 23.4. The highest BCUT2D eigenvalue weighted by molar-refractivity contribution is 6.03. The first-order valence-corrected chi connectivity index (χ1v) is 12.1. The number of nitrogens with zero attached hydrogens (tertiary/aromatic N) is 3. The molecule has 1 fully saturated rings. The minimum absolute atomic E-state index is 0.466. The van der Waals surface area contributed by atoms with Gasteiger partial charge < -0.3 is 19.7 Å². The highest BCUT2D eigenvalue weighted by atomic mass is 16.6. The maximum absolute atomic E-state index is 12.2. The average molecular weight is 478 g/mol. The number of carbonyl (C=O) groups is 1. The summed E-state index contributed by atoms with van der Waals surface area (Å²) in [6, 6.07) is 11.8. The van der Waals surface area contributed by atoms with Gasteiger partial charge in [-0.3, -0.25) is 5.32 Å². The second-order valence-electron chi connectivity index (χ2n) is 10.1. The number of nitrogens with one attached hydrogen (secondary N) is 2. The molecule has 3 heterocycles. The van der Waals surface area contributed by atoms with E-state index in [2.05, 4.69) is 32.5 Å². The maximum Gasteiger partial charge on any atom is 0.413 e. The van der Waals surface area contributed by atoms with Gasteiger partial charge in [0, 0.05) is 41.5 Å². The number of hydrogen-bond donors (Lipinski definition) is 2. The van der Waals surface area contributed by atoms with E-state index in [1.807, 2.05) is 63.4 Å². The predicted molar refractivity (Wildman–Crippen MR) is 139 cm³/mol. The van der Waals surface area contributed by atoms with Gasteiger partial charge in [-0.05, 0) is 77.4 Å². The van der Waals surface area contributed by atoms with Crippen molar-refractivity contribution < 1.29 is 14.3 Å². The summed E-state index contributed by atoms with van der Waals surface area (Å²) >= 11 is 0. The summed E-state index contributed by atoms with van der Waals surface area (Å²) in [5.41, 5.74) is 1.41. The lowest BCUT2D eigenvalue weighted by Crippen LogP contribution is -2.32. The largest absolute Gasteiger partial charge is 0.477 e. The van der Waals surface area contributed by atoms with Crippen molar-refractivity contribution >= 4 is 28.4 Å². The Hall–Kier alpha value is -3.39. The van der Waals surface area contributed by atoms with Crippen molar-refractivity contribution in [1.82, 2.24) is 14.9 Å². The van der Waals surface area contributed by atoms with Crippen LogP contribution in [0.25, 0.3) is 10.8 Å². The van der Waals surface area contributed by atoms with E-state index in [0.29, 0.717) is 24.2 Å². The molecule has 0 saturated carbocycles. The van der Waals surface area contributed by atoms with Gasteiger partial charge in [-0.2, -0.15) is 0 Å². The molecular formula is C27H35N5O3. The topological polar surface area (TPSA) is 88.6 Å². The molecule has 2 aromatic heterocycles. The van der Waals surface area contributed by atoms with Crippen LogP contribution in [0.2, 0.25) is 0 Å². The fraction of sp³-hybridized carbons (Fsp3) is 0.444. The zero-order valence-corrected chi connectivity index (χ0v) is 21.0. The van der Waals surface area contributed by atoms with Crippen LogP contribution in [0.3, 0.4) is 0 Å². The van der Waals surface area contributed by atoms with Crippen LogP contribution in [0.1, 0.15) is 39.2 Å². The maximum atomic E-state index is 12.2. The molecule has 35 heavy (non-hydrogen) atoms. The molecule has 0 unspecified atom stereocenters. The number of carbonyl (C=O) groups excluding carboxylic acids is 1. The minimum Gasteiger partial charge on any atom is -0.477 e. The number of anilines is 2. The van der Waals surface area contributed by atoms with Crippen molar-refractivity contribution in [2.24, 2.45) is 5.92 Å². The number of benzene rings is 1. The molecule has 1 aromatic carbocycles. The molecule has 0 spiro atoms. The molecule has 186 valence electrons. The summed E-state index contributed by atoms with van der Waals surface area (Å²) in [6.45, 7) is 9.08. The van der Waals surface area contributed by atoms with Gasteiger partial charge in [0.1, 0.15) is 11.4 Å². The Morgan fingerprint density at radius 1 is 1.09 bits per heavy atom. The van der Waals surface area contributed by atoms with Crippen LogP contribution in [0, 0.1) is 5.92 Å². The zero-order chi connectivity index (χ0) is 24.8. The number of piperidine rings is 1. The van der Waals surface area contributed by atoms with Crippen molar-refractivity contribution in [1.29, 1.82) is 0 Å². The van der Waals surface area contributed by atoms with E-state index in [9.17, 15) is 4.79 Å². The van der Waals surface area contributed by atoms with Crippen LogP contribution in [-0.2, 0) is 11.3 Å². The van der Waals surface area contributed by atoms with E-state index in [1.165, 1.54) is 12.8 Å². The van der Waals surface area contributed by atoms with Crippen molar-refractivity contribution in [3.63, 3.8) is 0 Å². The number of ether oxygens (including phenoxy) is 2. The van der Waals surface area contributed by atoms with Crippen LogP contribution in [0.4, 0.5) is 16.3 Å². The number of rotatable bonds is 7. The number of hydrogen-bond acceptors (Lipinski definition) is 7. The molecule has 0 atom stereocenters. The Morgan fingerprint density at radius 2 is 1.89 bits per heavy atom. The molecule has 1 saturated heterocycles. The summed E-state index contributed by atoms with van der Waals surface area (Å²) < 4.78 is 11.3. The molecule has 0 aliphatic carbocycles. The Kier molecular flexibility index (Phi) is 7.70. The standard InChI is InChI=1S/C27H35N5O3/c1-27(2,3)35-26(33)31-25-22-6-5-7-23(21(22)10-13-28-25)29-16-20-8-9-24(30-17-20)34-18-19-11-14-32(4)15-12-19/h5-10,13,17,19,29H,11-12,14-16,18H2,1-4H3,(H,28,31,33). The Balaban J connectivity index is 1.36. The van der Waals surface area contributed by atoms with Crippen LogP contribution in [-0.4, -0.2) is 53.3 Å². The number of amides is 1. The molecule has 1 aliphatic rings. The van der Waals surface area contributed by atoms with E-state index in [-0.39, 0.29) is 0 Å². The smallest absolute Gasteiger partial charge is 0.413 e. The zero-order valence-electron chi connectivity index (χ0n) is 21.0. The van der Waals surface area contributed by atoms with Crippen molar-refractivity contribution in [2.75, 3.05) is 37.4 Å². The number of likely N-dealkylation sites (tertiary alicyclic amines) is 1. The number of pyridine rings is 2. The normalized spacial score (nSPS) is 15.1. The molecule has 4 rings (SSSR count). The molecule has 0 bridgehead atoms. The molecule has 3 aromatic rings. The van der Waals surface area contributed by atoms with E-state index < -0.39 is 11.7 Å². The van der Waals surface area contributed by atoms with E-state index in [0.717, 1.165) is 41.7 Å². The van der Waals surface area contributed by atoms with Gasteiger partial charge in [0.15, 0.2) is 0 Å². The lowest BCUT2D eigenvalue weighted by molar-refractivity contribution is 0.0635. The lowest BCUT2D eigenvalue weighted by atomic mass is 9.98. The quantitative estimate of drug-likeness (QED) is 0.477. The summed E-state index contributed by atoms with van der Waals surface area (Å²) in [7, 11) is 2.17. The van der Waals surface area contributed by atoms with Crippen molar-refractivity contribution in [3.05, 3.63) is 54.4 Å². The Bertz CT molecular complexity index is 1140. The molecule has 1 amide bonds. The summed E-state index contributed by atoms with van der Waals surface area (Å²) in [6.07, 6.45) is 5.35. The van der Waals surface area contributed by atoms with E-state index >= 15 is 0 Å². The van der Waals surface area contributed by atoms with Gasteiger partial charge in [-0.25, -0.2) is 14.8 Å². The van der Waals surface area contributed by atoms with Crippen molar-refractivity contribution in [3.8, 4) is 5.88 Å². The third kappa shape index (κ3) is 7.05. The van der Waals surface area contributed by atoms with E-state index in [4.69, 9.17) is 9.47 Å². The lowest BCUT2D eigenvalue weighted by Gasteiger charge is -2.28. The van der Waals surface area contributed by atoms with Gasteiger partial charge in [-0.1, -0.05) is 18.2 Å². The highest BCUT2D eigenvalue weighted by Crippen LogP contribution is 2.28. The fourth-order valence-electron chi connectivity index (χ4n) is 4.09. The van der Waals surface area contributed by atoms with Gasteiger partial charge in [-0.15, -0.1) is 0 Å². The second-order valence-corrected chi connectivity index (χ2v) is 10.1. The van der Waals surface area contributed by atoms with Crippen molar-refractivity contribution in [2.45, 2.75) is 45.8 Å². The first-order valence-electron chi connectivity index (χ1n) is 12.1.